The van der Waals surface area contributed by atoms with Crippen LogP contribution in [0.4, 0.5) is 26.3 Å². The topological polar surface area (TPSA) is 99.1 Å². The standard InChI is InChI=1S/C21H26F6O7/c1-11(2)16(29)32-9-14(28)7-19(22,23)21(26,27)20(24,25)8-15(34-18(31)13(5)6)10-33-17(30)12(3)4/h14-15,28H,1,3,5,7-10H2,2,4,6H3. The highest BCUT2D eigenvalue weighted by atomic mass is 19.3. The summed E-state index contributed by atoms with van der Waals surface area (Å²) in [5.41, 5.74) is -0.711. The maximum absolute atomic E-state index is 14.4. The van der Waals surface area contributed by atoms with Gasteiger partial charge in [-0.25, -0.2) is 14.4 Å². The molecule has 0 saturated carbocycles. The molecule has 0 aliphatic carbocycles. The van der Waals surface area contributed by atoms with E-state index in [-0.39, 0.29) is 16.7 Å². The molecule has 0 fully saturated rings. The number of carbonyl (C=O) groups is 3. The van der Waals surface area contributed by atoms with E-state index in [4.69, 9.17) is 0 Å². The molecule has 0 aliphatic rings. The summed E-state index contributed by atoms with van der Waals surface area (Å²) in [6.45, 7) is 10.7. The molecule has 0 saturated heterocycles. The highest BCUT2D eigenvalue weighted by Crippen LogP contribution is 2.50. The molecule has 0 aliphatic heterocycles. The van der Waals surface area contributed by atoms with Crippen LogP contribution in [0.1, 0.15) is 33.6 Å². The van der Waals surface area contributed by atoms with Crippen molar-refractivity contribution in [1.29, 1.82) is 0 Å². The highest BCUT2D eigenvalue weighted by Gasteiger charge is 2.71. The van der Waals surface area contributed by atoms with Crippen LogP contribution in [0.5, 0.6) is 0 Å². The summed E-state index contributed by atoms with van der Waals surface area (Å²) in [6, 6.07) is 0. The fraction of sp³-hybridized carbons (Fsp3) is 0.571. The lowest BCUT2D eigenvalue weighted by Crippen LogP contribution is -2.57. The zero-order valence-electron chi connectivity index (χ0n) is 18.8. The predicted octanol–water partition coefficient (Wildman–Crippen LogP) is 3.76. The van der Waals surface area contributed by atoms with Crippen LogP contribution in [0.3, 0.4) is 0 Å². The second-order valence-electron chi connectivity index (χ2n) is 7.61. The monoisotopic (exact) mass is 504 g/mol. The first-order chi connectivity index (χ1) is 15.2. The molecule has 0 spiro atoms. The fourth-order valence-corrected chi connectivity index (χ4v) is 2.14. The van der Waals surface area contributed by atoms with Crippen molar-refractivity contribution in [2.75, 3.05) is 13.2 Å². The second kappa shape index (κ2) is 12.0. The molecule has 1 N–H and O–H groups in total. The predicted molar refractivity (Wildman–Crippen MR) is 106 cm³/mol. The van der Waals surface area contributed by atoms with Gasteiger partial charge in [0.1, 0.15) is 19.3 Å². The average molecular weight is 504 g/mol. The molecule has 7 nitrogen and oxygen atoms in total. The number of hydrogen-bond acceptors (Lipinski definition) is 7. The van der Waals surface area contributed by atoms with E-state index in [2.05, 4.69) is 33.9 Å². The van der Waals surface area contributed by atoms with Crippen LogP contribution in [0.2, 0.25) is 0 Å². The van der Waals surface area contributed by atoms with Gasteiger partial charge in [0, 0.05) is 23.1 Å². The lowest BCUT2D eigenvalue weighted by Gasteiger charge is -2.35. The third-order valence-corrected chi connectivity index (χ3v) is 4.02. The van der Waals surface area contributed by atoms with Gasteiger partial charge in [-0.1, -0.05) is 19.7 Å². The quantitative estimate of drug-likeness (QED) is 0.166. The first-order valence-electron chi connectivity index (χ1n) is 9.58. The van der Waals surface area contributed by atoms with Crippen molar-refractivity contribution in [2.24, 2.45) is 0 Å². The molecule has 34 heavy (non-hydrogen) atoms. The minimum absolute atomic E-state index is 0.182. The van der Waals surface area contributed by atoms with Gasteiger partial charge in [-0.2, -0.15) is 26.3 Å². The molecule has 0 aromatic rings. The van der Waals surface area contributed by atoms with Gasteiger partial charge in [-0.3, -0.25) is 0 Å². The summed E-state index contributed by atoms with van der Waals surface area (Å²) in [7, 11) is 0. The Morgan fingerprint density at radius 1 is 0.735 bits per heavy atom. The second-order valence-corrected chi connectivity index (χ2v) is 7.61. The Bertz CT molecular complexity index is 822. The SMILES string of the molecule is C=C(C)C(=O)OCC(O)CC(F)(F)C(F)(F)C(F)(F)CC(COC(=O)C(=C)C)OC(=O)C(=C)C. The number of halogens is 6. The number of aliphatic hydroxyl groups is 1. The number of esters is 3. The van der Waals surface area contributed by atoms with Crippen LogP contribution in [-0.2, 0) is 28.6 Å². The summed E-state index contributed by atoms with van der Waals surface area (Å²) in [6.07, 6.45) is -9.04. The van der Waals surface area contributed by atoms with Gasteiger partial charge in [0.05, 0.1) is 12.5 Å². The molecule has 2 atom stereocenters. The normalized spacial score (nSPS) is 13.9. The molecule has 0 radical (unpaired) electrons. The Morgan fingerprint density at radius 3 is 1.53 bits per heavy atom. The number of rotatable bonds is 14. The van der Waals surface area contributed by atoms with Gasteiger partial charge in [0.2, 0.25) is 0 Å². The van der Waals surface area contributed by atoms with Crippen LogP contribution < -0.4 is 0 Å². The van der Waals surface area contributed by atoms with Crippen molar-refractivity contribution in [3.05, 3.63) is 36.5 Å². The van der Waals surface area contributed by atoms with E-state index in [1.807, 2.05) is 0 Å². The van der Waals surface area contributed by atoms with Gasteiger partial charge in [0.25, 0.3) is 0 Å². The number of ether oxygens (including phenoxy) is 3. The van der Waals surface area contributed by atoms with Crippen LogP contribution in [0.25, 0.3) is 0 Å². The Labute approximate surface area is 192 Å². The minimum atomic E-state index is -6.06. The first kappa shape index (κ1) is 31.2. The molecular formula is C21H26F6O7. The summed E-state index contributed by atoms with van der Waals surface area (Å²) in [4.78, 5) is 34.3. The van der Waals surface area contributed by atoms with Crippen molar-refractivity contribution < 1.29 is 60.0 Å². The van der Waals surface area contributed by atoms with Gasteiger partial charge < -0.3 is 19.3 Å². The van der Waals surface area contributed by atoms with E-state index < -0.39 is 73.9 Å². The summed E-state index contributed by atoms with van der Waals surface area (Å²) < 4.78 is 98.9. The molecule has 194 valence electrons. The van der Waals surface area contributed by atoms with Gasteiger partial charge >= 0.3 is 35.7 Å². The molecule has 0 aromatic carbocycles. The largest absolute Gasteiger partial charge is 0.460 e. The van der Waals surface area contributed by atoms with Crippen molar-refractivity contribution in [3.63, 3.8) is 0 Å². The summed E-state index contributed by atoms with van der Waals surface area (Å²) >= 11 is 0. The lowest BCUT2D eigenvalue weighted by molar-refractivity contribution is -0.321. The van der Waals surface area contributed by atoms with Gasteiger partial charge in [-0.15, -0.1) is 0 Å². The Balaban J connectivity index is 5.59. The third-order valence-electron chi connectivity index (χ3n) is 4.02. The summed E-state index contributed by atoms with van der Waals surface area (Å²) in [5.74, 6) is -20.7. The molecule has 0 rings (SSSR count). The van der Waals surface area contributed by atoms with Crippen molar-refractivity contribution >= 4 is 17.9 Å². The van der Waals surface area contributed by atoms with E-state index in [1.165, 1.54) is 13.8 Å². The third kappa shape index (κ3) is 8.84. The maximum Gasteiger partial charge on any atom is 0.372 e. The first-order valence-corrected chi connectivity index (χ1v) is 9.58. The zero-order valence-corrected chi connectivity index (χ0v) is 18.8. The highest BCUT2D eigenvalue weighted by molar-refractivity contribution is 5.88. The average Bonchev–Trinajstić information content (AvgIpc) is 2.68. The summed E-state index contributed by atoms with van der Waals surface area (Å²) in [5, 5.41) is 9.49. The van der Waals surface area contributed by atoms with E-state index >= 15 is 0 Å². The zero-order chi connectivity index (χ0) is 27.1. The van der Waals surface area contributed by atoms with Gasteiger partial charge in [0.15, 0.2) is 0 Å². The van der Waals surface area contributed by atoms with Crippen molar-refractivity contribution in [3.8, 4) is 0 Å². The van der Waals surface area contributed by atoms with Crippen molar-refractivity contribution in [1.82, 2.24) is 0 Å². The van der Waals surface area contributed by atoms with E-state index in [9.17, 15) is 45.8 Å². The van der Waals surface area contributed by atoms with Gasteiger partial charge in [-0.05, 0) is 20.8 Å². The van der Waals surface area contributed by atoms with Crippen LogP contribution in [0, 0.1) is 0 Å². The number of alkyl halides is 6. The van der Waals surface area contributed by atoms with E-state index in [1.54, 1.807) is 0 Å². The Hall–Kier alpha value is -2.83. The Kier molecular flexibility index (Phi) is 11.0. The molecule has 0 heterocycles. The minimum Gasteiger partial charge on any atom is -0.460 e. The Morgan fingerprint density at radius 2 is 1.12 bits per heavy atom. The molecule has 0 amide bonds. The van der Waals surface area contributed by atoms with Crippen LogP contribution in [0.15, 0.2) is 36.5 Å². The number of hydrogen-bond donors (Lipinski definition) is 1. The van der Waals surface area contributed by atoms with Crippen molar-refractivity contribution in [2.45, 2.75) is 63.6 Å². The van der Waals surface area contributed by atoms with Crippen LogP contribution in [-0.4, -0.2) is 66.2 Å². The smallest absolute Gasteiger partial charge is 0.372 e. The molecule has 0 bridgehead atoms. The molecule has 0 aromatic heterocycles. The molecule has 2 unspecified atom stereocenters. The number of carbonyl (C=O) groups excluding carboxylic acids is 3. The molecular weight excluding hydrogens is 478 g/mol. The fourth-order valence-electron chi connectivity index (χ4n) is 2.14. The lowest BCUT2D eigenvalue weighted by atomic mass is 9.95. The van der Waals surface area contributed by atoms with E-state index in [0.717, 1.165) is 6.92 Å². The maximum atomic E-state index is 14.4. The van der Waals surface area contributed by atoms with Crippen LogP contribution >= 0.6 is 0 Å². The van der Waals surface area contributed by atoms with E-state index in [0.29, 0.717) is 0 Å². The number of aliphatic hydroxyl groups excluding tert-OH is 1. The molecule has 13 heteroatoms.